The summed E-state index contributed by atoms with van der Waals surface area (Å²) in [6.07, 6.45) is 4.27. The van der Waals surface area contributed by atoms with Crippen molar-refractivity contribution in [2.75, 3.05) is 11.9 Å². The molecule has 13 heteroatoms. The molecule has 8 nitrogen and oxygen atoms in total. The van der Waals surface area contributed by atoms with Gasteiger partial charge in [-0.3, -0.25) is 8.98 Å². The number of aromatic nitrogens is 2. The van der Waals surface area contributed by atoms with E-state index >= 15 is 0 Å². The third-order valence-corrected chi connectivity index (χ3v) is 9.03. The van der Waals surface area contributed by atoms with Crippen LogP contribution in [-0.4, -0.2) is 36.8 Å². The van der Waals surface area contributed by atoms with E-state index in [2.05, 4.69) is 15.3 Å². The van der Waals surface area contributed by atoms with Crippen molar-refractivity contribution < 1.29 is 17.4 Å². The van der Waals surface area contributed by atoms with Crippen molar-refractivity contribution in [1.29, 1.82) is 0 Å². The van der Waals surface area contributed by atoms with Crippen LogP contribution in [-0.2, 0) is 14.5 Å². The fourth-order valence-electron chi connectivity index (χ4n) is 4.00. The van der Waals surface area contributed by atoms with Gasteiger partial charge in [-0.25, -0.2) is 15.1 Å². The van der Waals surface area contributed by atoms with Crippen LogP contribution in [0.5, 0.6) is 0 Å². The summed E-state index contributed by atoms with van der Waals surface area (Å²) < 4.78 is 27.6. The molecule has 186 valence electrons. The van der Waals surface area contributed by atoms with Crippen LogP contribution in [0.15, 0.2) is 52.6 Å². The van der Waals surface area contributed by atoms with Crippen molar-refractivity contribution in [1.82, 2.24) is 9.97 Å². The quantitative estimate of drug-likeness (QED) is 0.332. The number of halogens is 2. The molecule has 35 heavy (non-hydrogen) atoms. The first-order valence-electron chi connectivity index (χ1n) is 10.6. The highest BCUT2D eigenvalue weighted by molar-refractivity contribution is 7.99. The number of nitrogens with two attached hydrogens (primary N) is 1. The third kappa shape index (κ3) is 6.94. The Labute approximate surface area is 221 Å². The normalized spacial score (nSPS) is 20.2. The van der Waals surface area contributed by atoms with Gasteiger partial charge in [0, 0.05) is 27.1 Å². The average Bonchev–Trinajstić information content (AvgIpc) is 3.33. The first-order chi connectivity index (χ1) is 16.6. The smallest absolute Gasteiger partial charge is 0.333 e. The Morgan fingerprint density at radius 2 is 2.11 bits per heavy atom. The summed E-state index contributed by atoms with van der Waals surface area (Å²) >= 11 is 15.1. The molecule has 3 N–H and O–H groups in total. The van der Waals surface area contributed by atoms with E-state index in [9.17, 15) is 13.2 Å². The molecule has 1 fully saturated rings. The fraction of sp³-hybridized carbons (Fsp3) is 0.318. The Balaban J connectivity index is 1.48. The minimum atomic E-state index is -3.99. The number of benzene rings is 1. The molecule has 3 aromatic rings. The number of thiophene rings is 1. The van der Waals surface area contributed by atoms with E-state index in [-0.39, 0.29) is 30.3 Å². The molecule has 2 heterocycles. The molecule has 4 rings (SSSR count). The molecule has 0 unspecified atom stereocenters. The van der Waals surface area contributed by atoms with Crippen LogP contribution in [0.2, 0.25) is 9.36 Å². The van der Waals surface area contributed by atoms with Gasteiger partial charge in [-0.2, -0.15) is 8.42 Å². The lowest BCUT2D eigenvalue weighted by molar-refractivity contribution is 0.104. The van der Waals surface area contributed by atoms with Crippen LogP contribution >= 0.6 is 46.3 Å². The van der Waals surface area contributed by atoms with E-state index in [1.165, 1.54) is 35.6 Å². The van der Waals surface area contributed by atoms with E-state index in [1.54, 1.807) is 12.1 Å². The Kier molecular flexibility index (Phi) is 8.37. The highest BCUT2D eigenvalue weighted by Gasteiger charge is 2.33. The van der Waals surface area contributed by atoms with Gasteiger partial charge in [0.15, 0.2) is 0 Å². The Morgan fingerprint density at radius 1 is 1.31 bits per heavy atom. The molecule has 0 amide bonds. The van der Waals surface area contributed by atoms with Gasteiger partial charge in [0.1, 0.15) is 16.5 Å². The zero-order chi connectivity index (χ0) is 25.2. The first-order valence-corrected chi connectivity index (χ1v) is 14.5. The predicted molar refractivity (Wildman–Crippen MR) is 139 cm³/mol. The van der Waals surface area contributed by atoms with Crippen LogP contribution in [0.25, 0.3) is 0 Å². The number of hydrogen-bond acceptors (Lipinski definition) is 9. The summed E-state index contributed by atoms with van der Waals surface area (Å²) in [4.78, 5) is 23.8. The van der Waals surface area contributed by atoms with Crippen molar-refractivity contribution in [2.24, 2.45) is 17.0 Å². The molecular formula is C22H22Cl2N4O4S3. The minimum absolute atomic E-state index is 0.00832. The molecule has 3 atom stereocenters. The molecule has 2 aromatic heterocycles. The zero-order valence-electron chi connectivity index (χ0n) is 18.5. The zero-order valence-corrected chi connectivity index (χ0v) is 22.4. The summed E-state index contributed by atoms with van der Waals surface area (Å²) in [5.74, 6) is 0.397. The lowest BCUT2D eigenvalue weighted by Gasteiger charge is -2.15. The van der Waals surface area contributed by atoms with E-state index in [0.717, 1.165) is 16.2 Å². The molecule has 0 radical (unpaired) electrons. The van der Waals surface area contributed by atoms with Crippen molar-refractivity contribution in [3.05, 3.63) is 62.7 Å². The Morgan fingerprint density at radius 3 is 2.86 bits per heavy atom. The van der Waals surface area contributed by atoms with Crippen LogP contribution < -0.4 is 10.5 Å². The van der Waals surface area contributed by atoms with Crippen molar-refractivity contribution in [3.63, 3.8) is 0 Å². The van der Waals surface area contributed by atoms with Gasteiger partial charge in [-0.1, -0.05) is 48.0 Å². The number of carbonyl (C=O) groups excluding carboxylic acids is 1. The number of rotatable bonds is 9. The van der Waals surface area contributed by atoms with Gasteiger partial charge in [0.25, 0.3) is 0 Å². The van der Waals surface area contributed by atoms with Crippen LogP contribution in [0.3, 0.4) is 0 Å². The fourth-order valence-corrected chi connectivity index (χ4v) is 6.93. The highest BCUT2D eigenvalue weighted by atomic mass is 35.5. The number of carbonyl (C=O) groups is 1. The maximum Gasteiger partial charge on any atom is 0.333 e. The molecule has 1 saturated carbocycles. The largest absolute Gasteiger partial charge is 0.367 e. The number of nitrogens with one attached hydrogen (secondary N) is 1. The average molecular weight is 574 g/mol. The molecule has 0 bridgehead atoms. The number of ketones is 1. The van der Waals surface area contributed by atoms with Crippen LogP contribution in [0.1, 0.15) is 35.0 Å². The SMILES string of the molecule is C[C@H]1C[C@H](Nc2ncncc2C(=O)c2cc(Sc3cccc(Cl)c3)c(Cl)s2)C[C@@H]1COS(N)(=O)=O. The Hall–Kier alpha value is -1.73. The van der Waals surface area contributed by atoms with E-state index in [0.29, 0.717) is 32.0 Å². The summed E-state index contributed by atoms with van der Waals surface area (Å²) in [6.45, 7) is 2.05. The second-order valence-corrected chi connectivity index (χ2v) is 12.7. The number of anilines is 1. The summed E-state index contributed by atoms with van der Waals surface area (Å²) in [5.41, 5.74) is 0.335. The van der Waals surface area contributed by atoms with E-state index in [4.69, 9.17) is 32.5 Å². The first kappa shape index (κ1) is 26.3. The van der Waals surface area contributed by atoms with E-state index in [1.807, 2.05) is 25.1 Å². The standard InChI is InChI=1S/C22H22Cl2N4O4S3/c1-12-5-15(6-13(12)10-32-35(25,30)31)28-22-17(9-26-11-27-22)20(29)18-8-19(21(24)34-18)33-16-4-2-3-14(23)7-16/h2-4,7-9,11-13,15H,5-6,10H2,1H3,(H2,25,30,31)(H,26,27,28)/t12-,13+,15-/m0/s1. The second kappa shape index (κ2) is 11.1. The molecule has 1 aromatic carbocycles. The summed E-state index contributed by atoms with van der Waals surface area (Å²) in [7, 11) is -3.99. The van der Waals surface area contributed by atoms with Crippen molar-refractivity contribution in [2.45, 2.75) is 35.6 Å². The number of hydrogen-bond donors (Lipinski definition) is 2. The topological polar surface area (TPSA) is 124 Å². The van der Waals surface area contributed by atoms with Gasteiger partial charge in [-0.05, 0) is 48.9 Å². The number of nitrogens with zero attached hydrogens (tertiary/aromatic N) is 2. The minimum Gasteiger partial charge on any atom is -0.367 e. The Bertz CT molecular complexity index is 1340. The van der Waals surface area contributed by atoms with Crippen molar-refractivity contribution in [3.8, 4) is 0 Å². The molecule has 0 spiro atoms. The van der Waals surface area contributed by atoms with Crippen LogP contribution in [0, 0.1) is 11.8 Å². The molecule has 1 aliphatic rings. The predicted octanol–water partition coefficient (Wildman–Crippen LogP) is 5.27. The lowest BCUT2D eigenvalue weighted by atomic mass is 10.00. The lowest BCUT2D eigenvalue weighted by Crippen LogP contribution is -2.22. The van der Waals surface area contributed by atoms with Gasteiger partial charge in [-0.15, -0.1) is 11.3 Å². The van der Waals surface area contributed by atoms with E-state index < -0.39 is 10.3 Å². The van der Waals surface area contributed by atoms with Crippen LogP contribution in [0.4, 0.5) is 5.82 Å². The van der Waals surface area contributed by atoms with Gasteiger partial charge >= 0.3 is 10.3 Å². The van der Waals surface area contributed by atoms with Gasteiger partial charge < -0.3 is 5.32 Å². The third-order valence-electron chi connectivity index (χ3n) is 5.70. The summed E-state index contributed by atoms with van der Waals surface area (Å²) in [5, 5.41) is 8.90. The second-order valence-electron chi connectivity index (χ2n) is 8.25. The molecular weight excluding hydrogens is 551 g/mol. The maximum atomic E-state index is 13.4. The molecule has 0 saturated heterocycles. The monoisotopic (exact) mass is 572 g/mol. The molecule has 1 aliphatic carbocycles. The maximum absolute atomic E-state index is 13.4. The van der Waals surface area contributed by atoms with Gasteiger partial charge in [0.05, 0.1) is 17.0 Å². The van der Waals surface area contributed by atoms with Crippen molar-refractivity contribution >= 4 is 68.2 Å². The highest BCUT2D eigenvalue weighted by Crippen LogP contribution is 2.41. The van der Waals surface area contributed by atoms with Gasteiger partial charge in [0.2, 0.25) is 5.78 Å². The summed E-state index contributed by atoms with van der Waals surface area (Å²) in [6, 6.07) is 9.14. The molecule has 0 aliphatic heterocycles.